The number of aryl methyl sites for hydroxylation is 1. The largest absolute Gasteiger partial charge is 0.363 e. The Labute approximate surface area is 119 Å². The van der Waals surface area contributed by atoms with E-state index in [1.54, 1.807) is 22.7 Å². The van der Waals surface area contributed by atoms with E-state index in [4.69, 9.17) is 0 Å². The first kappa shape index (κ1) is 13.8. The van der Waals surface area contributed by atoms with Gasteiger partial charge in [-0.2, -0.15) is 11.8 Å². The highest BCUT2D eigenvalue weighted by molar-refractivity contribution is 7.98. The van der Waals surface area contributed by atoms with Crippen LogP contribution in [-0.4, -0.2) is 28.0 Å². The van der Waals surface area contributed by atoms with Crippen molar-refractivity contribution in [2.45, 2.75) is 26.0 Å². The van der Waals surface area contributed by atoms with Crippen LogP contribution in [0.25, 0.3) is 9.88 Å². The van der Waals surface area contributed by atoms with Gasteiger partial charge in [0.15, 0.2) is 5.01 Å². The van der Waals surface area contributed by atoms with Crippen molar-refractivity contribution in [2.24, 2.45) is 0 Å². The highest BCUT2D eigenvalue weighted by Gasteiger charge is 2.14. The lowest BCUT2D eigenvalue weighted by molar-refractivity contribution is 1.09. The Morgan fingerprint density at radius 3 is 2.78 bits per heavy atom. The van der Waals surface area contributed by atoms with Gasteiger partial charge in [-0.25, -0.2) is 4.98 Å². The molecule has 2 aromatic heterocycles. The third-order valence-electron chi connectivity index (χ3n) is 2.25. The average Bonchev–Trinajstić information content (AvgIpc) is 2.96. The summed E-state index contributed by atoms with van der Waals surface area (Å²) in [4.78, 5) is 5.76. The first-order chi connectivity index (χ1) is 8.74. The van der Waals surface area contributed by atoms with E-state index in [9.17, 15) is 0 Å². The third kappa shape index (κ3) is 3.21. The van der Waals surface area contributed by atoms with Crippen LogP contribution in [0.2, 0.25) is 0 Å². The Morgan fingerprint density at radius 1 is 1.28 bits per heavy atom. The van der Waals surface area contributed by atoms with Crippen LogP contribution >= 0.6 is 34.4 Å². The fourth-order valence-corrected chi connectivity index (χ4v) is 4.27. The monoisotopic (exact) mass is 300 g/mol. The van der Waals surface area contributed by atoms with Crippen molar-refractivity contribution in [3.8, 4) is 9.88 Å². The maximum absolute atomic E-state index is 4.61. The van der Waals surface area contributed by atoms with Crippen LogP contribution in [0, 0.1) is 6.92 Å². The highest BCUT2D eigenvalue weighted by Crippen LogP contribution is 2.34. The number of anilines is 1. The average molecular weight is 300 g/mol. The molecule has 98 valence electrons. The summed E-state index contributed by atoms with van der Waals surface area (Å²) in [6.45, 7) is 4.24. The zero-order valence-electron chi connectivity index (χ0n) is 10.7. The lowest BCUT2D eigenvalue weighted by Crippen LogP contribution is -1.84. The molecule has 0 fully saturated rings. The van der Waals surface area contributed by atoms with Crippen molar-refractivity contribution < 1.29 is 0 Å². The summed E-state index contributed by atoms with van der Waals surface area (Å²) in [5.41, 5.74) is 1.06. The van der Waals surface area contributed by atoms with E-state index in [0.29, 0.717) is 0 Å². The molecule has 0 amide bonds. The van der Waals surface area contributed by atoms with Crippen LogP contribution in [0.1, 0.15) is 24.0 Å². The Morgan fingerprint density at radius 2 is 2.11 bits per heavy atom. The van der Waals surface area contributed by atoms with Crippen molar-refractivity contribution in [1.29, 1.82) is 0 Å². The van der Waals surface area contributed by atoms with E-state index >= 15 is 0 Å². The molecule has 2 aromatic rings. The van der Waals surface area contributed by atoms with Crippen LogP contribution in [0.15, 0.2) is 0 Å². The first-order valence-corrected chi connectivity index (χ1v) is 8.59. The third-order valence-corrected chi connectivity index (χ3v) is 5.86. The smallest absolute Gasteiger partial charge is 0.205 e. The number of nitrogens with zero attached hydrogens (tertiary/aromatic N) is 3. The Balaban J connectivity index is 2.13. The molecule has 18 heavy (non-hydrogen) atoms. The number of hydrogen-bond donors (Lipinski definition) is 1. The van der Waals surface area contributed by atoms with E-state index in [2.05, 4.69) is 27.4 Å². The molecule has 0 saturated carbocycles. The standard InChI is InChI=1S/C11H16N4S3/c1-4-5-16-6-8-13-7(2)9(17-8)10-14-15-11(12-3)18-10/h4-6H2,1-3H3,(H,12,15). The first-order valence-electron chi connectivity index (χ1n) is 5.80. The lowest BCUT2D eigenvalue weighted by atomic mass is 10.4. The van der Waals surface area contributed by atoms with Crippen LogP contribution in [0.3, 0.4) is 0 Å². The number of thioether (sulfide) groups is 1. The molecule has 4 nitrogen and oxygen atoms in total. The molecule has 0 bridgehead atoms. The molecule has 7 heteroatoms. The molecule has 0 aliphatic carbocycles. The van der Waals surface area contributed by atoms with Crippen LogP contribution in [0.4, 0.5) is 5.13 Å². The number of hydrogen-bond acceptors (Lipinski definition) is 7. The van der Waals surface area contributed by atoms with Gasteiger partial charge >= 0.3 is 0 Å². The van der Waals surface area contributed by atoms with Gasteiger partial charge in [0, 0.05) is 12.8 Å². The molecular formula is C11H16N4S3. The molecule has 0 radical (unpaired) electrons. The van der Waals surface area contributed by atoms with Gasteiger partial charge in [0.05, 0.1) is 10.6 Å². The predicted octanol–water partition coefficient (Wildman–Crippen LogP) is 3.65. The van der Waals surface area contributed by atoms with Crippen LogP contribution < -0.4 is 5.32 Å². The highest BCUT2D eigenvalue weighted by atomic mass is 32.2. The molecule has 0 aliphatic rings. The molecule has 0 spiro atoms. The fraction of sp³-hybridized carbons (Fsp3) is 0.545. The van der Waals surface area contributed by atoms with Gasteiger partial charge < -0.3 is 5.32 Å². The second-order valence-corrected chi connectivity index (χ2v) is 6.90. The van der Waals surface area contributed by atoms with E-state index in [1.807, 2.05) is 25.7 Å². The van der Waals surface area contributed by atoms with Gasteiger partial charge in [-0.05, 0) is 19.1 Å². The van der Waals surface area contributed by atoms with Gasteiger partial charge in [-0.3, -0.25) is 0 Å². The predicted molar refractivity (Wildman–Crippen MR) is 81.8 cm³/mol. The van der Waals surface area contributed by atoms with Crippen LogP contribution in [0.5, 0.6) is 0 Å². The minimum absolute atomic E-state index is 0.847. The Hall–Kier alpha value is -0.660. The SMILES string of the molecule is CCCSCc1nc(C)c(-c2nnc(NC)s2)s1. The van der Waals surface area contributed by atoms with Crippen molar-refractivity contribution in [1.82, 2.24) is 15.2 Å². The van der Waals surface area contributed by atoms with E-state index in [-0.39, 0.29) is 0 Å². The second kappa shape index (κ2) is 6.49. The van der Waals surface area contributed by atoms with E-state index in [0.717, 1.165) is 26.5 Å². The minimum atomic E-state index is 0.847. The molecule has 0 saturated heterocycles. The zero-order chi connectivity index (χ0) is 13.0. The lowest BCUT2D eigenvalue weighted by Gasteiger charge is -1.93. The summed E-state index contributed by atoms with van der Waals surface area (Å²) in [7, 11) is 1.86. The fourth-order valence-electron chi connectivity index (χ4n) is 1.43. The van der Waals surface area contributed by atoms with Gasteiger partial charge in [0.1, 0.15) is 5.01 Å². The number of thiazole rings is 1. The molecule has 2 rings (SSSR count). The van der Waals surface area contributed by atoms with Gasteiger partial charge in [0.2, 0.25) is 5.13 Å². The molecule has 0 aliphatic heterocycles. The molecular weight excluding hydrogens is 284 g/mol. The van der Waals surface area contributed by atoms with E-state index < -0.39 is 0 Å². The molecule has 2 heterocycles. The summed E-state index contributed by atoms with van der Waals surface area (Å²) in [6.07, 6.45) is 1.21. The summed E-state index contributed by atoms with van der Waals surface area (Å²) in [6, 6.07) is 0. The Bertz CT molecular complexity index is 506. The number of nitrogens with one attached hydrogen (secondary N) is 1. The maximum atomic E-state index is 4.61. The summed E-state index contributed by atoms with van der Waals surface area (Å²) in [5.74, 6) is 2.19. The molecule has 1 N–H and O–H groups in total. The van der Waals surface area contributed by atoms with Crippen molar-refractivity contribution in [2.75, 3.05) is 18.1 Å². The maximum Gasteiger partial charge on any atom is 0.205 e. The quantitative estimate of drug-likeness (QED) is 0.825. The van der Waals surface area contributed by atoms with E-state index in [1.165, 1.54) is 17.2 Å². The number of aromatic nitrogens is 3. The zero-order valence-corrected chi connectivity index (χ0v) is 13.1. The second-order valence-electron chi connectivity index (χ2n) is 3.74. The molecule has 0 atom stereocenters. The minimum Gasteiger partial charge on any atom is -0.363 e. The van der Waals surface area contributed by atoms with Gasteiger partial charge in [-0.15, -0.1) is 21.5 Å². The van der Waals surface area contributed by atoms with Gasteiger partial charge in [-0.1, -0.05) is 18.3 Å². The topological polar surface area (TPSA) is 50.7 Å². The van der Waals surface area contributed by atoms with Crippen molar-refractivity contribution >= 4 is 39.6 Å². The van der Waals surface area contributed by atoms with Crippen LogP contribution in [-0.2, 0) is 5.75 Å². The van der Waals surface area contributed by atoms with Crippen molar-refractivity contribution in [3.63, 3.8) is 0 Å². The molecule has 0 aromatic carbocycles. The summed E-state index contributed by atoms with van der Waals surface area (Å²) in [5, 5.41) is 14.3. The summed E-state index contributed by atoms with van der Waals surface area (Å²) >= 11 is 5.24. The Kier molecular flexibility index (Phi) is 4.96. The van der Waals surface area contributed by atoms with Crippen molar-refractivity contribution in [3.05, 3.63) is 10.7 Å². The molecule has 0 unspecified atom stereocenters. The number of rotatable bonds is 6. The van der Waals surface area contributed by atoms with Gasteiger partial charge in [0.25, 0.3) is 0 Å². The summed E-state index contributed by atoms with van der Waals surface area (Å²) < 4.78 is 0. The normalized spacial score (nSPS) is 10.8.